The fourth-order valence-electron chi connectivity index (χ4n) is 2.54. The van der Waals surface area contributed by atoms with Crippen molar-refractivity contribution in [2.75, 3.05) is 5.73 Å². The largest absolute Gasteiger partial charge is 0.398 e. The number of nitrogens with zero attached hydrogens (tertiary/aromatic N) is 3. The summed E-state index contributed by atoms with van der Waals surface area (Å²) in [4.78, 5) is 17.3. The topological polar surface area (TPSA) is 94.9 Å². The molecule has 2 aromatic heterocycles. The maximum atomic E-state index is 13.2. The summed E-state index contributed by atoms with van der Waals surface area (Å²) < 4.78 is 26.3. The smallest absolute Gasteiger partial charge is 0.280 e. The molecule has 4 aromatic rings. The number of anilines is 1. The minimum atomic E-state index is -0.671. The van der Waals surface area contributed by atoms with Gasteiger partial charge >= 0.3 is 0 Å². The Hall–Kier alpha value is -3.68. The van der Waals surface area contributed by atoms with Crippen molar-refractivity contribution in [1.82, 2.24) is 9.97 Å². The molecule has 6 nitrogen and oxygen atoms in total. The van der Waals surface area contributed by atoms with Crippen molar-refractivity contribution in [3.05, 3.63) is 82.9 Å². The molecule has 2 aromatic carbocycles. The van der Waals surface area contributed by atoms with E-state index in [4.69, 9.17) is 5.73 Å². The van der Waals surface area contributed by atoms with Crippen LogP contribution in [-0.2, 0) is 0 Å². The average Bonchev–Trinajstić information content (AvgIpc) is 2.62. The maximum absolute atomic E-state index is 13.2. The quantitative estimate of drug-likeness (QED) is 0.313. The van der Waals surface area contributed by atoms with E-state index in [1.807, 2.05) is 0 Å². The molecule has 0 unspecified atom stereocenters. The summed E-state index contributed by atoms with van der Waals surface area (Å²) in [6, 6.07) is 9.58. The Morgan fingerprint density at radius 2 is 1.38 bits per heavy atom. The lowest BCUT2D eigenvalue weighted by Crippen LogP contribution is -1.92. The predicted octanol–water partition coefficient (Wildman–Crippen LogP) is 4.24. The van der Waals surface area contributed by atoms with Crippen LogP contribution in [-0.4, -0.2) is 14.9 Å². The monoisotopic (exact) mass is 354 g/mol. The number of benzene rings is 2. The van der Waals surface area contributed by atoms with E-state index in [0.29, 0.717) is 16.5 Å². The summed E-state index contributed by atoms with van der Waals surface area (Å²) in [6.07, 6.45) is 5.12. The number of aromatic nitrogens is 2. The minimum absolute atomic E-state index is 0.00694. The number of fused-ring (bicyclic) bond motifs is 2. The molecular weight excluding hydrogens is 342 g/mol. The van der Waals surface area contributed by atoms with Gasteiger partial charge in [0.05, 0.1) is 22.7 Å². The molecule has 2 heterocycles. The van der Waals surface area contributed by atoms with E-state index in [1.54, 1.807) is 30.5 Å². The standard InChI is InChI=1S/C9H5FN2O2.C9H7FN2/c10-7-5-11-4-6-2-1-3-8(9(6)7)12(13)14;10-7-5-12-4-6-2-1-3-8(11)9(6)7/h1-5H;1-5H,11H2. The van der Waals surface area contributed by atoms with Crippen LogP contribution in [0.25, 0.3) is 21.5 Å². The van der Waals surface area contributed by atoms with Crippen LogP contribution < -0.4 is 5.73 Å². The Morgan fingerprint density at radius 3 is 1.96 bits per heavy atom. The van der Waals surface area contributed by atoms with Crippen molar-refractivity contribution >= 4 is 32.9 Å². The Morgan fingerprint density at radius 1 is 0.846 bits per heavy atom. The normalized spacial score (nSPS) is 10.4. The third-order valence-electron chi connectivity index (χ3n) is 3.68. The SMILES string of the molecule is Nc1cccc2cncc(F)c12.O=[N+]([O-])c1cccc2cncc(F)c12. The van der Waals surface area contributed by atoms with E-state index in [2.05, 4.69) is 9.97 Å². The number of hydrogen-bond donors (Lipinski definition) is 1. The van der Waals surface area contributed by atoms with Crippen molar-refractivity contribution in [2.45, 2.75) is 0 Å². The number of nitrogen functional groups attached to an aromatic ring is 1. The molecule has 130 valence electrons. The number of rotatable bonds is 1. The average molecular weight is 354 g/mol. The highest BCUT2D eigenvalue weighted by Crippen LogP contribution is 2.26. The van der Waals surface area contributed by atoms with Crippen molar-refractivity contribution < 1.29 is 13.7 Å². The zero-order valence-corrected chi connectivity index (χ0v) is 13.3. The van der Waals surface area contributed by atoms with Gasteiger partial charge in [-0.15, -0.1) is 0 Å². The van der Waals surface area contributed by atoms with Crippen LogP contribution in [0.3, 0.4) is 0 Å². The molecule has 0 saturated carbocycles. The molecule has 0 saturated heterocycles. The second-order valence-electron chi connectivity index (χ2n) is 5.32. The molecule has 8 heteroatoms. The maximum Gasteiger partial charge on any atom is 0.280 e. The van der Waals surface area contributed by atoms with Gasteiger partial charge in [0.15, 0.2) is 11.6 Å². The predicted molar refractivity (Wildman–Crippen MR) is 94.5 cm³/mol. The van der Waals surface area contributed by atoms with Gasteiger partial charge in [0, 0.05) is 40.3 Å². The highest BCUT2D eigenvalue weighted by atomic mass is 19.1. The number of nitro benzene ring substituents is 1. The van der Waals surface area contributed by atoms with Gasteiger partial charge in [-0.2, -0.15) is 0 Å². The van der Waals surface area contributed by atoms with Crippen LogP contribution in [0.1, 0.15) is 0 Å². The van der Waals surface area contributed by atoms with Crippen LogP contribution in [0.4, 0.5) is 20.2 Å². The molecular formula is C18H12F2N4O2. The van der Waals surface area contributed by atoms with E-state index < -0.39 is 10.7 Å². The van der Waals surface area contributed by atoms with Crippen molar-refractivity contribution in [1.29, 1.82) is 0 Å². The van der Waals surface area contributed by atoms with Gasteiger partial charge in [0.2, 0.25) is 0 Å². The first kappa shape index (κ1) is 17.2. The van der Waals surface area contributed by atoms with Crippen LogP contribution in [0, 0.1) is 21.7 Å². The zero-order valence-electron chi connectivity index (χ0n) is 13.3. The van der Waals surface area contributed by atoms with E-state index in [-0.39, 0.29) is 16.9 Å². The van der Waals surface area contributed by atoms with Crippen LogP contribution in [0.2, 0.25) is 0 Å². The first-order valence-corrected chi connectivity index (χ1v) is 7.43. The number of nitro groups is 1. The second kappa shape index (κ2) is 7.06. The van der Waals surface area contributed by atoms with Crippen LogP contribution in [0.5, 0.6) is 0 Å². The van der Waals surface area contributed by atoms with Crippen LogP contribution >= 0.6 is 0 Å². The molecule has 0 bridgehead atoms. The Balaban J connectivity index is 0.000000152. The number of pyridine rings is 2. The van der Waals surface area contributed by atoms with Crippen molar-refractivity contribution in [3.63, 3.8) is 0 Å². The Kier molecular flexibility index (Phi) is 4.66. The number of nitrogens with two attached hydrogens (primary N) is 1. The van der Waals surface area contributed by atoms with Crippen molar-refractivity contribution in [2.24, 2.45) is 0 Å². The molecule has 2 N–H and O–H groups in total. The molecule has 0 aliphatic carbocycles. The lowest BCUT2D eigenvalue weighted by Gasteiger charge is -2.00. The lowest BCUT2D eigenvalue weighted by molar-refractivity contribution is -0.383. The first-order chi connectivity index (χ1) is 12.5. The lowest BCUT2D eigenvalue weighted by atomic mass is 10.1. The number of hydrogen-bond acceptors (Lipinski definition) is 5. The molecule has 0 spiro atoms. The van der Waals surface area contributed by atoms with Gasteiger partial charge in [-0.1, -0.05) is 24.3 Å². The summed E-state index contributed by atoms with van der Waals surface area (Å²) in [5.74, 6) is -1.04. The summed E-state index contributed by atoms with van der Waals surface area (Å²) in [7, 11) is 0. The number of halogens is 2. The highest BCUT2D eigenvalue weighted by Gasteiger charge is 2.14. The molecule has 0 amide bonds. The Bertz CT molecular complexity index is 1080. The summed E-state index contributed by atoms with van der Waals surface area (Å²) in [6.45, 7) is 0. The third kappa shape index (κ3) is 3.25. The third-order valence-corrected chi connectivity index (χ3v) is 3.68. The molecule has 4 rings (SSSR count). The van der Waals surface area contributed by atoms with E-state index >= 15 is 0 Å². The van der Waals surface area contributed by atoms with Crippen molar-refractivity contribution in [3.8, 4) is 0 Å². The zero-order chi connectivity index (χ0) is 18.7. The molecule has 0 aliphatic rings. The highest BCUT2D eigenvalue weighted by molar-refractivity contribution is 5.92. The van der Waals surface area contributed by atoms with E-state index in [9.17, 15) is 18.9 Å². The summed E-state index contributed by atoms with van der Waals surface area (Å²) >= 11 is 0. The molecule has 26 heavy (non-hydrogen) atoms. The van der Waals surface area contributed by atoms with Gasteiger partial charge in [0.1, 0.15) is 0 Å². The van der Waals surface area contributed by atoms with E-state index in [1.165, 1.54) is 24.5 Å². The first-order valence-electron chi connectivity index (χ1n) is 7.43. The Labute approximate surface area is 146 Å². The number of non-ortho nitro benzene ring substituents is 1. The molecule has 0 radical (unpaired) electrons. The fraction of sp³-hybridized carbons (Fsp3) is 0. The van der Waals surface area contributed by atoms with Gasteiger partial charge in [-0.25, -0.2) is 8.78 Å². The minimum Gasteiger partial charge on any atom is -0.398 e. The molecule has 0 aliphatic heterocycles. The summed E-state index contributed by atoms with van der Waals surface area (Å²) in [5.41, 5.74) is 5.81. The van der Waals surface area contributed by atoms with Gasteiger partial charge in [-0.05, 0) is 6.07 Å². The van der Waals surface area contributed by atoms with Gasteiger partial charge in [0.25, 0.3) is 5.69 Å². The molecule has 0 fully saturated rings. The van der Waals surface area contributed by atoms with Gasteiger partial charge in [-0.3, -0.25) is 20.1 Å². The van der Waals surface area contributed by atoms with E-state index in [0.717, 1.165) is 11.6 Å². The summed E-state index contributed by atoms with van der Waals surface area (Å²) in [5, 5.41) is 12.2. The fourth-order valence-corrected chi connectivity index (χ4v) is 2.54. The van der Waals surface area contributed by atoms with Crippen LogP contribution in [0.15, 0.2) is 61.2 Å². The molecule has 0 atom stereocenters. The van der Waals surface area contributed by atoms with Gasteiger partial charge < -0.3 is 5.73 Å². The second-order valence-corrected chi connectivity index (χ2v) is 5.32.